The Bertz CT molecular complexity index is 992. The molecule has 3 heterocycles. The van der Waals surface area contributed by atoms with Crippen molar-refractivity contribution >= 4 is 33.6 Å². The largest absolute Gasteiger partial charge is 0.376 e. The highest BCUT2D eigenvalue weighted by Crippen LogP contribution is 2.41. The number of carbonyl (C=O) groups is 1. The van der Waals surface area contributed by atoms with E-state index in [9.17, 15) is 4.79 Å². The summed E-state index contributed by atoms with van der Waals surface area (Å²) in [5.41, 5.74) is 7.84. The number of nitrogens with two attached hydrogens (primary N) is 1. The van der Waals surface area contributed by atoms with Crippen molar-refractivity contribution in [3.05, 3.63) is 64.1 Å². The molecule has 33 heavy (non-hydrogen) atoms. The lowest BCUT2D eigenvalue weighted by atomic mass is 9.97. The average Bonchev–Trinajstić information content (AvgIpc) is 2.79. The molecule has 0 spiro atoms. The lowest BCUT2D eigenvalue weighted by molar-refractivity contribution is -0.298. The van der Waals surface area contributed by atoms with Crippen LogP contribution in [0.5, 0.6) is 0 Å². The van der Waals surface area contributed by atoms with Crippen LogP contribution in [0.2, 0.25) is 0 Å². The van der Waals surface area contributed by atoms with Crippen LogP contribution in [0.3, 0.4) is 0 Å². The molecule has 2 aromatic rings. The van der Waals surface area contributed by atoms with Gasteiger partial charge < -0.3 is 29.6 Å². The topological polar surface area (TPSA) is 83.2 Å². The molecule has 0 aliphatic carbocycles. The average molecular weight is 535 g/mol. The standard InChI is InChI=1S/C24H27BrN2O5S/c1-29-21-19(26)20-17(13-30-23(32-20)14-6-3-2-4-7-14)31-24(21)33-18-12-15(25)8-9-16(18)22(28)27-10-5-11-27/h2-4,6-9,12,17,19-21,23-24H,5,10-11,13,26H2,1H3. The molecule has 176 valence electrons. The number of rotatable bonds is 5. The van der Waals surface area contributed by atoms with Crippen molar-refractivity contribution in [2.45, 2.75) is 47.4 Å². The monoisotopic (exact) mass is 534 g/mol. The van der Waals surface area contributed by atoms with E-state index in [1.54, 1.807) is 7.11 Å². The molecule has 3 saturated heterocycles. The van der Waals surface area contributed by atoms with Gasteiger partial charge in [0.1, 0.15) is 23.7 Å². The summed E-state index contributed by atoms with van der Waals surface area (Å²) in [7, 11) is 1.63. The van der Waals surface area contributed by atoms with E-state index < -0.39 is 23.9 Å². The normalized spacial score (nSPS) is 31.5. The molecule has 0 saturated carbocycles. The van der Waals surface area contributed by atoms with Gasteiger partial charge in [0.05, 0.1) is 18.2 Å². The lowest BCUT2D eigenvalue weighted by Gasteiger charge is -2.48. The summed E-state index contributed by atoms with van der Waals surface area (Å²) in [6.07, 6.45) is -0.559. The highest BCUT2D eigenvalue weighted by molar-refractivity contribution is 9.10. The maximum atomic E-state index is 13.0. The summed E-state index contributed by atoms with van der Waals surface area (Å²) in [4.78, 5) is 15.7. The van der Waals surface area contributed by atoms with E-state index in [2.05, 4.69) is 15.9 Å². The molecular formula is C24H27BrN2O5S. The molecule has 6 atom stereocenters. The Kier molecular flexibility index (Phi) is 7.08. The summed E-state index contributed by atoms with van der Waals surface area (Å²) in [5.74, 6) is 0.0400. The fraction of sp³-hybridized carbons (Fsp3) is 0.458. The molecule has 3 fully saturated rings. The predicted octanol–water partition coefficient (Wildman–Crippen LogP) is 3.57. The first-order valence-corrected chi connectivity index (χ1v) is 12.7. The van der Waals surface area contributed by atoms with E-state index in [0.717, 1.165) is 34.4 Å². The molecular weight excluding hydrogens is 508 g/mol. The van der Waals surface area contributed by atoms with Crippen LogP contribution in [0.4, 0.5) is 0 Å². The molecule has 3 aliphatic heterocycles. The molecule has 2 N–H and O–H groups in total. The maximum Gasteiger partial charge on any atom is 0.254 e. The number of amides is 1. The number of halogens is 1. The SMILES string of the molecule is COC1C(Sc2cc(Br)ccc2C(=O)N2CCC2)OC2COC(c3ccccc3)OC2C1N. The summed E-state index contributed by atoms with van der Waals surface area (Å²) in [5, 5.41) is 0. The van der Waals surface area contributed by atoms with E-state index in [0.29, 0.717) is 12.2 Å². The number of thioether (sulfide) groups is 1. The van der Waals surface area contributed by atoms with Gasteiger partial charge >= 0.3 is 0 Å². The van der Waals surface area contributed by atoms with E-state index in [1.165, 1.54) is 11.8 Å². The van der Waals surface area contributed by atoms with Gasteiger partial charge in [-0.1, -0.05) is 58.0 Å². The highest BCUT2D eigenvalue weighted by atomic mass is 79.9. The van der Waals surface area contributed by atoms with Crippen molar-refractivity contribution in [1.29, 1.82) is 0 Å². The van der Waals surface area contributed by atoms with Crippen molar-refractivity contribution in [3.8, 4) is 0 Å². The molecule has 3 aliphatic rings. The Morgan fingerprint density at radius 2 is 1.97 bits per heavy atom. The van der Waals surface area contributed by atoms with Gasteiger partial charge in [-0.05, 0) is 24.6 Å². The van der Waals surface area contributed by atoms with Gasteiger partial charge in [-0.2, -0.15) is 0 Å². The van der Waals surface area contributed by atoms with Crippen molar-refractivity contribution in [3.63, 3.8) is 0 Å². The predicted molar refractivity (Wildman–Crippen MR) is 128 cm³/mol. The Hall–Kier alpha value is -1.46. The second-order valence-corrected chi connectivity index (χ2v) is 10.5. The number of nitrogens with zero attached hydrogens (tertiary/aromatic N) is 1. The molecule has 2 aromatic carbocycles. The van der Waals surface area contributed by atoms with Gasteiger partial charge in [0.2, 0.25) is 0 Å². The molecule has 0 bridgehead atoms. The van der Waals surface area contributed by atoms with Crippen LogP contribution in [0.25, 0.3) is 0 Å². The van der Waals surface area contributed by atoms with E-state index >= 15 is 0 Å². The number of methoxy groups -OCH3 is 1. The molecule has 1 amide bonds. The van der Waals surface area contributed by atoms with Crippen LogP contribution < -0.4 is 5.73 Å². The Balaban J connectivity index is 1.35. The van der Waals surface area contributed by atoms with E-state index in [-0.39, 0.29) is 18.1 Å². The van der Waals surface area contributed by atoms with Gasteiger partial charge in [-0.25, -0.2) is 0 Å². The van der Waals surface area contributed by atoms with E-state index in [1.807, 2.05) is 53.4 Å². The minimum Gasteiger partial charge on any atom is -0.376 e. The number of fused-ring (bicyclic) bond motifs is 1. The zero-order chi connectivity index (χ0) is 22.9. The second-order valence-electron chi connectivity index (χ2n) is 8.40. The molecule has 6 unspecified atom stereocenters. The second kappa shape index (κ2) is 10.0. The van der Waals surface area contributed by atoms with Crippen molar-refractivity contribution in [2.75, 3.05) is 26.8 Å². The minimum absolute atomic E-state index is 0.0400. The molecule has 0 aromatic heterocycles. The number of hydrogen-bond acceptors (Lipinski definition) is 7. The molecule has 0 radical (unpaired) electrons. The first-order valence-electron chi connectivity index (χ1n) is 11.1. The Labute approximate surface area is 206 Å². The third-order valence-electron chi connectivity index (χ3n) is 6.30. The van der Waals surface area contributed by atoms with Crippen LogP contribution in [0, 0.1) is 0 Å². The van der Waals surface area contributed by atoms with Crippen LogP contribution in [0.1, 0.15) is 28.6 Å². The molecule has 9 heteroatoms. The number of carbonyl (C=O) groups excluding carboxylic acids is 1. The molecule has 5 rings (SSSR count). The number of hydrogen-bond donors (Lipinski definition) is 1. The van der Waals surface area contributed by atoms with Gasteiger partial charge in [0, 0.05) is 35.1 Å². The van der Waals surface area contributed by atoms with Crippen molar-refractivity contribution in [2.24, 2.45) is 5.73 Å². The fourth-order valence-electron chi connectivity index (χ4n) is 4.35. The van der Waals surface area contributed by atoms with Crippen LogP contribution in [-0.4, -0.2) is 67.4 Å². The quantitative estimate of drug-likeness (QED) is 0.627. The Morgan fingerprint density at radius 1 is 1.18 bits per heavy atom. The van der Waals surface area contributed by atoms with Crippen molar-refractivity contribution < 1.29 is 23.7 Å². The first kappa shape index (κ1) is 23.3. The van der Waals surface area contributed by atoms with Gasteiger partial charge in [0.25, 0.3) is 5.91 Å². The van der Waals surface area contributed by atoms with Crippen molar-refractivity contribution in [1.82, 2.24) is 4.90 Å². The van der Waals surface area contributed by atoms with Crippen LogP contribution in [-0.2, 0) is 18.9 Å². The smallest absolute Gasteiger partial charge is 0.254 e. The van der Waals surface area contributed by atoms with Gasteiger partial charge in [-0.15, -0.1) is 0 Å². The first-order chi connectivity index (χ1) is 16.0. The van der Waals surface area contributed by atoms with E-state index in [4.69, 9.17) is 24.7 Å². The van der Waals surface area contributed by atoms with Gasteiger partial charge in [0.15, 0.2) is 6.29 Å². The summed E-state index contributed by atoms with van der Waals surface area (Å²) >= 11 is 4.99. The zero-order valence-electron chi connectivity index (χ0n) is 18.3. The maximum absolute atomic E-state index is 13.0. The summed E-state index contributed by atoms with van der Waals surface area (Å²) in [6, 6.07) is 15.1. The lowest BCUT2D eigenvalue weighted by Crippen LogP contribution is -2.64. The summed E-state index contributed by atoms with van der Waals surface area (Å²) < 4.78 is 25.3. The van der Waals surface area contributed by atoms with Crippen LogP contribution >= 0.6 is 27.7 Å². The third kappa shape index (κ3) is 4.73. The fourth-order valence-corrected chi connectivity index (χ4v) is 6.22. The highest BCUT2D eigenvalue weighted by Gasteiger charge is 2.49. The number of ether oxygens (including phenoxy) is 4. The summed E-state index contributed by atoms with van der Waals surface area (Å²) in [6.45, 7) is 1.96. The van der Waals surface area contributed by atoms with Gasteiger partial charge in [-0.3, -0.25) is 4.79 Å². The Morgan fingerprint density at radius 3 is 2.67 bits per heavy atom. The zero-order valence-corrected chi connectivity index (χ0v) is 20.7. The third-order valence-corrected chi connectivity index (χ3v) is 8.00. The molecule has 7 nitrogen and oxygen atoms in total. The van der Waals surface area contributed by atoms with Crippen LogP contribution in [0.15, 0.2) is 57.9 Å². The number of benzene rings is 2. The number of likely N-dealkylation sites (tertiary alicyclic amines) is 1. The minimum atomic E-state index is -0.491.